The van der Waals surface area contributed by atoms with E-state index in [-0.39, 0.29) is 0 Å². The highest BCUT2D eigenvalue weighted by molar-refractivity contribution is 14.1. The zero-order valence-corrected chi connectivity index (χ0v) is 21.2. The smallest absolute Gasteiger partial charge is 0.0293 e. The minimum atomic E-state index is 1.25. The molecule has 1 heteroatoms. The maximum atomic E-state index is 2.53. The zero-order valence-electron chi connectivity index (χ0n) is 19.0. The van der Waals surface area contributed by atoms with Crippen LogP contribution in [0.3, 0.4) is 0 Å². The van der Waals surface area contributed by atoms with Gasteiger partial charge >= 0.3 is 0 Å². The molecule has 0 heterocycles. The van der Waals surface area contributed by atoms with Gasteiger partial charge in [0.05, 0.1) is 0 Å². The van der Waals surface area contributed by atoms with Crippen molar-refractivity contribution in [2.75, 3.05) is 0 Å². The number of hydrogen-bond acceptors (Lipinski definition) is 0. The largest absolute Gasteiger partial charge is 0.0616 e. The van der Waals surface area contributed by atoms with Gasteiger partial charge in [-0.1, -0.05) is 121 Å². The molecule has 7 aromatic rings. The molecule has 0 fully saturated rings. The molecule has 0 unspecified atom stereocenters. The van der Waals surface area contributed by atoms with Crippen LogP contribution in [0, 0.1) is 3.57 Å². The van der Waals surface area contributed by atoms with Crippen LogP contribution in [0.2, 0.25) is 0 Å². The standard InChI is InChI=1S/C34H21I/c35-34-31-16-8-6-13-28(31)27-12-5-7-15-30(27)33(34)23-19-17-22(18-20-23)32-21-24-9-1-2-10-25(24)26-11-3-4-14-29(26)32/h1-21H. The van der Waals surface area contributed by atoms with E-state index in [1.807, 2.05) is 0 Å². The lowest BCUT2D eigenvalue weighted by molar-refractivity contribution is 1.63. The van der Waals surface area contributed by atoms with E-state index in [9.17, 15) is 0 Å². The van der Waals surface area contributed by atoms with Gasteiger partial charge in [-0.25, -0.2) is 0 Å². The average Bonchev–Trinajstić information content (AvgIpc) is 2.93. The lowest BCUT2D eigenvalue weighted by Crippen LogP contribution is -1.90. The number of halogens is 1. The molecule has 0 saturated heterocycles. The molecule has 0 aliphatic heterocycles. The molecular formula is C34H21I. The summed E-state index contributed by atoms with van der Waals surface area (Å²) in [5.74, 6) is 0. The molecule has 0 atom stereocenters. The summed E-state index contributed by atoms with van der Waals surface area (Å²) in [5, 5.41) is 10.4. The summed E-state index contributed by atoms with van der Waals surface area (Å²) in [7, 11) is 0. The third-order valence-corrected chi connectivity index (χ3v) is 8.24. The molecule has 7 aromatic carbocycles. The van der Waals surface area contributed by atoms with Gasteiger partial charge in [0, 0.05) is 9.13 Å². The minimum Gasteiger partial charge on any atom is -0.0616 e. The maximum absolute atomic E-state index is 2.53. The van der Waals surface area contributed by atoms with Crippen molar-refractivity contribution in [3.63, 3.8) is 0 Å². The summed E-state index contributed by atoms with van der Waals surface area (Å²) in [6.45, 7) is 0. The van der Waals surface area contributed by atoms with Crippen molar-refractivity contribution in [1.29, 1.82) is 0 Å². The van der Waals surface area contributed by atoms with Crippen molar-refractivity contribution in [1.82, 2.24) is 0 Å². The first-order chi connectivity index (χ1) is 17.3. The van der Waals surface area contributed by atoms with Gasteiger partial charge in [0.25, 0.3) is 0 Å². The van der Waals surface area contributed by atoms with E-state index in [1.165, 1.54) is 68.9 Å². The van der Waals surface area contributed by atoms with Crippen LogP contribution in [-0.4, -0.2) is 0 Å². The Morgan fingerprint density at radius 2 is 0.829 bits per heavy atom. The molecule has 0 N–H and O–H groups in total. The van der Waals surface area contributed by atoms with Crippen LogP contribution in [-0.2, 0) is 0 Å². The Kier molecular flexibility index (Phi) is 4.85. The van der Waals surface area contributed by atoms with E-state index in [1.54, 1.807) is 0 Å². The Bertz CT molecular complexity index is 1900. The van der Waals surface area contributed by atoms with Crippen molar-refractivity contribution in [3.05, 3.63) is 131 Å². The van der Waals surface area contributed by atoms with Crippen LogP contribution in [0.4, 0.5) is 0 Å². The third-order valence-electron chi connectivity index (χ3n) is 7.12. The summed E-state index contributed by atoms with van der Waals surface area (Å²) < 4.78 is 1.31. The second-order valence-electron chi connectivity index (χ2n) is 9.05. The average molecular weight is 556 g/mol. The molecule has 0 bridgehead atoms. The normalized spacial score (nSPS) is 11.6. The molecule has 0 saturated carbocycles. The molecule has 0 spiro atoms. The fraction of sp³-hybridized carbons (Fsp3) is 0. The van der Waals surface area contributed by atoms with E-state index in [0.29, 0.717) is 0 Å². The number of benzene rings is 7. The van der Waals surface area contributed by atoms with Crippen LogP contribution < -0.4 is 0 Å². The fourth-order valence-corrected chi connectivity index (χ4v) is 6.56. The molecule has 0 radical (unpaired) electrons. The first kappa shape index (κ1) is 20.7. The van der Waals surface area contributed by atoms with Gasteiger partial charge in [0.15, 0.2) is 0 Å². The first-order valence-electron chi connectivity index (χ1n) is 11.9. The van der Waals surface area contributed by atoms with Crippen molar-refractivity contribution in [2.24, 2.45) is 0 Å². The highest BCUT2D eigenvalue weighted by Crippen LogP contribution is 2.41. The molecule has 0 aromatic heterocycles. The van der Waals surface area contributed by atoms with Gasteiger partial charge in [-0.2, -0.15) is 0 Å². The third kappa shape index (κ3) is 3.26. The zero-order chi connectivity index (χ0) is 23.4. The summed E-state index contributed by atoms with van der Waals surface area (Å²) in [6, 6.07) is 46.4. The molecule has 0 aliphatic rings. The van der Waals surface area contributed by atoms with Crippen molar-refractivity contribution < 1.29 is 0 Å². The van der Waals surface area contributed by atoms with Gasteiger partial charge in [-0.3, -0.25) is 0 Å². The predicted octanol–water partition coefficient (Wildman–Crippen LogP) is 10.2. The maximum Gasteiger partial charge on any atom is 0.0293 e. The van der Waals surface area contributed by atoms with Crippen LogP contribution in [0.5, 0.6) is 0 Å². The Balaban J connectivity index is 1.45. The Morgan fingerprint density at radius 1 is 0.371 bits per heavy atom. The second kappa shape index (κ2) is 8.21. The van der Waals surface area contributed by atoms with Crippen molar-refractivity contribution in [2.45, 2.75) is 0 Å². The number of rotatable bonds is 2. The molecule has 0 aliphatic carbocycles. The van der Waals surface area contributed by atoms with Gasteiger partial charge < -0.3 is 0 Å². The van der Waals surface area contributed by atoms with Gasteiger partial charge in [0.2, 0.25) is 0 Å². The van der Waals surface area contributed by atoms with E-state index in [0.717, 1.165) is 0 Å². The van der Waals surface area contributed by atoms with Crippen molar-refractivity contribution in [3.8, 4) is 22.3 Å². The minimum absolute atomic E-state index is 1.25. The van der Waals surface area contributed by atoms with Crippen molar-refractivity contribution >= 4 is 65.7 Å². The lowest BCUT2D eigenvalue weighted by atomic mass is 9.90. The van der Waals surface area contributed by atoms with Gasteiger partial charge in [0.1, 0.15) is 0 Å². The van der Waals surface area contributed by atoms with Gasteiger partial charge in [-0.15, -0.1) is 0 Å². The van der Waals surface area contributed by atoms with Crippen LogP contribution in [0.15, 0.2) is 127 Å². The molecule has 0 nitrogen and oxygen atoms in total. The molecule has 164 valence electrons. The molecule has 7 rings (SSSR count). The Hall–Kier alpha value is -3.69. The molecular weight excluding hydrogens is 535 g/mol. The lowest BCUT2D eigenvalue weighted by Gasteiger charge is -2.15. The van der Waals surface area contributed by atoms with E-state index >= 15 is 0 Å². The topological polar surface area (TPSA) is 0 Å². The summed E-state index contributed by atoms with van der Waals surface area (Å²) in [6.07, 6.45) is 0. The predicted molar refractivity (Wildman–Crippen MR) is 160 cm³/mol. The number of hydrogen-bond donors (Lipinski definition) is 0. The number of fused-ring (bicyclic) bond motifs is 6. The Morgan fingerprint density at radius 3 is 1.51 bits per heavy atom. The Labute approximate surface area is 218 Å². The van der Waals surface area contributed by atoms with E-state index in [4.69, 9.17) is 0 Å². The highest BCUT2D eigenvalue weighted by atomic mass is 127. The summed E-state index contributed by atoms with van der Waals surface area (Å²) >= 11 is 2.53. The first-order valence-corrected chi connectivity index (χ1v) is 13.0. The highest BCUT2D eigenvalue weighted by Gasteiger charge is 2.14. The summed E-state index contributed by atoms with van der Waals surface area (Å²) in [4.78, 5) is 0. The second-order valence-corrected chi connectivity index (χ2v) is 10.1. The van der Waals surface area contributed by atoms with Crippen LogP contribution in [0.1, 0.15) is 0 Å². The summed E-state index contributed by atoms with van der Waals surface area (Å²) in [5.41, 5.74) is 5.10. The van der Waals surface area contributed by atoms with Crippen LogP contribution >= 0.6 is 22.6 Å². The SMILES string of the molecule is Ic1c(-c2ccc(-c3cc4ccccc4c4ccccc34)cc2)c2ccccc2c2ccccc12. The fourth-order valence-electron chi connectivity index (χ4n) is 5.49. The van der Waals surface area contributed by atoms with Gasteiger partial charge in [-0.05, 0) is 88.4 Å². The van der Waals surface area contributed by atoms with Crippen LogP contribution in [0.25, 0.3) is 65.3 Å². The van der Waals surface area contributed by atoms with E-state index < -0.39 is 0 Å². The molecule has 0 amide bonds. The van der Waals surface area contributed by atoms with E-state index in [2.05, 4.69) is 150 Å². The monoisotopic (exact) mass is 556 g/mol. The quantitative estimate of drug-likeness (QED) is 0.147. The molecule has 35 heavy (non-hydrogen) atoms.